The van der Waals surface area contributed by atoms with Crippen molar-refractivity contribution in [2.24, 2.45) is 10.1 Å². The van der Waals surface area contributed by atoms with Gasteiger partial charge in [-0.05, 0) is 60.3 Å². The number of sulfonamides is 1. The zero-order valence-corrected chi connectivity index (χ0v) is 20.4. The van der Waals surface area contributed by atoms with Gasteiger partial charge in [-0.1, -0.05) is 15.9 Å². The Morgan fingerprint density at radius 3 is 2.59 bits per heavy atom. The highest BCUT2D eigenvalue weighted by Gasteiger charge is 2.24. The summed E-state index contributed by atoms with van der Waals surface area (Å²) in [4.78, 5) is 39.1. The molecular formula is C20H17BrN4O7S2. The van der Waals surface area contributed by atoms with E-state index in [1.165, 1.54) is 30.3 Å². The molecule has 11 nitrogen and oxygen atoms in total. The van der Waals surface area contributed by atoms with Gasteiger partial charge < -0.3 is 20.5 Å². The number of thioether (sulfide) groups is 1. The van der Waals surface area contributed by atoms with Gasteiger partial charge in [-0.25, -0.2) is 13.6 Å². The molecule has 0 radical (unpaired) electrons. The number of nitrogens with two attached hydrogens (primary N) is 1. The molecule has 2 aromatic carbocycles. The van der Waals surface area contributed by atoms with Crippen LogP contribution in [0.4, 0.5) is 5.69 Å². The Hall–Kier alpha value is -3.20. The number of carbonyl (C=O) groups is 3. The standard InChI is InChI=1S/C20H17BrN4O7S2/c21-12-1-6-15(11(7-12)8-16-19(29)25-20(33-16)23-9-18(27)28)32-10-17(26)24-13-2-4-14(5-3-13)34(22,30)31/h1-8H,9-10H2,(H,24,26)(H,27,28)(H2,22,30,31)(H,23,25,29)/b16-8+. The Bertz CT molecular complexity index is 1310. The van der Waals surface area contributed by atoms with Crippen LogP contribution in [0.1, 0.15) is 5.56 Å². The maximum absolute atomic E-state index is 12.3. The number of halogens is 1. The summed E-state index contributed by atoms with van der Waals surface area (Å²) >= 11 is 4.33. The predicted molar refractivity (Wildman–Crippen MR) is 130 cm³/mol. The smallest absolute Gasteiger partial charge is 0.325 e. The maximum atomic E-state index is 12.3. The average Bonchev–Trinajstić information content (AvgIpc) is 3.10. The lowest BCUT2D eigenvalue weighted by atomic mass is 10.2. The van der Waals surface area contributed by atoms with Gasteiger partial charge in [-0.15, -0.1) is 0 Å². The van der Waals surface area contributed by atoms with E-state index < -0.39 is 34.4 Å². The van der Waals surface area contributed by atoms with E-state index in [9.17, 15) is 22.8 Å². The molecule has 0 aromatic heterocycles. The summed E-state index contributed by atoms with van der Waals surface area (Å²) in [7, 11) is -3.84. The van der Waals surface area contributed by atoms with Gasteiger partial charge in [0.25, 0.3) is 11.8 Å². The Labute approximate surface area is 206 Å². The summed E-state index contributed by atoms with van der Waals surface area (Å²) in [5.41, 5.74) is 0.850. The van der Waals surface area contributed by atoms with Gasteiger partial charge in [0.1, 0.15) is 12.3 Å². The fourth-order valence-corrected chi connectivity index (χ4v) is 4.32. The van der Waals surface area contributed by atoms with Crippen molar-refractivity contribution in [2.45, 2.75) is 4.90 Å². The van der Waals surface area contributed by atoms with Gasteiger partial charge in [0.15, 0.2) is 11.8 Å². The highest BCUT2D eigenvalue weighted by atomic mass is 79.9. The van der Waals surface area contributed by atoms with Gasteiger partial charge in [0.2, 0.25) is 10.0 Å². The van der Waals surface area contributed by atoms with Crippen LogP contribution >= 0.6 is 27.7 Å². The molecule has 0 bridgehead atoms. The molecule has 5 N–H and O–H groups in total. The van der Waals surface area contributed by atoms with Gasteiger partial charge in [0, 0.05) is 15.7 Å². The Morgan fingerprint density at radius 2 is 1.94 bits per heavy atom. The van der Waals surface area contributed by atoms with Crippen molar-refractivity contribution in [2.75, 3.05) is 18.5 Å². The van der Waals surface area contributed by atoms with Crippen LogP contribution in [0.5, 0.6) is 5.75 Å². The Kier molecular flexibility index (Phi) is 8.09. The molecule has 178 valence electrons. The second-order valence-electron chi connectivity index (χ2n) is 6.67. The monoisotopic (exact) mass is 568 g/mol. The molecule has 3 rings (SSSR count). The minimum Gasteiger partial charge on any atom is -0.483 e. The van der Waals surface area contributed by atoms with E-state index >= 15 is 0 Å². The predicted octanol–water partition coefficient (Wildman–Crippen LogP) is 1.76. The average molecular weight is 569 g/mol. The summed E-state index contributed by atoms with van der Waals surface area (Å²) in [5, 5.41) is 19.0. The number of hydrogen-bond donors (Lipinski definition) is 4. The first-order chi connectivity index (χ1) is 16.0. The van der Waals surface area contributed by atoms with Gasteiger partial charge >= 0.3 is 5.97 Å². The second kappa shape index (κ2) is 10.8. The SMILES string of the molecule is NS(=O)(=O)c1ccc(NC(=O)COc2ccc(Br)cc2/C=C2/SC(=NCC(=O)O)NC2=O)cc1. The molecule has 0 atom stereocenters. The first-order valence-electron chi connectivity index (χ1n) is 9.33. The zero-order chi connectivity index (χ0) is 24.9. The molecule has 0 spiro atoms. The molecule has 1 saturated heterocycles. The first kappa shape index (κ1) is 25.4. The van der Waals surface area contributed by atoms with Crippen molar-refractivity contribution in [3.8, 4) is 5.75 Å². The third-order valence-electron chi connectivity index (χ3n) is 4.09. The zero-order valence-electron chi connectivity index (χ0n) is 17.1. The number of amides is 2. The number of ether oxygens (including phenoxy) is 1. The van der Waals surface area contributed by atoms with Crippen LogP contribution in [0.2, 0.25) is 0 Å². The molecule has 1 fully saturated rings. The fourth-order valence-electron chi connectivity index (χ4n) is 2.61. The van der Waals surface area contributed by atoms with Crippen LogP contribution < -0.4 is 20.5 Å². The number of anilines is 1. The van der Waals surface area contributed by atoms with E-state index in [-0.39, 0.29) is 21.6 Å². The molecule has 0 unspecified atom stereocenters. The van der Waals surface area contributed by atoms with Crippen LogP contribution in [0, 0.1) is 0 Å². The Balaban J connectivity index is 1.69. The van der Waals surface area contributed by atoms with Crippen molar-refractivity contribution in [1.29, 1.82) is 0 Å². The topological polar surface area (TPSA) is 177 Å². The van der Waals surface area contributed by atoms with Crippen LogP contribution in [-0.4, -0.2) is 49.6 Å². The summed E-state index contributed by atoms with van der Waals surface area (Å²) in [5.74, 6) is -1.75. The molecule has 1 heterocycles. The van der Waals surface area contributed by atoms with Gasteiger partial charge in [0.05, 0.1) is 9.80 Å². The number of carbonyl (C=O) groups excluding carboxylic acids is 2. The lowest BCUT2D eigenvalue weighted by Gasteiger charge is -2.11. The highest BCUT2D eigenvalue weighted by molar-refractivity contribution is 9.10. The number of hydrogen-bond acceptors (Lipinski definition) is 8. The summed E-state index contributed by atoms with van der Waals surface area (Å²) in [6.45, 7) is -0.833. The van der Waals surface area contributed by atoms with E-state index in [0.29, 0.717) is 21.5 Å². The van der Waals surface area contributed by atoms with Crippen molar-refractivity contribution >= 4 is 72.4 Å². The molecular weight excluding hydrogens is 552 g/mol. The second-order valence-corrected chi connectivity index (χ2v) is 10.2. The quantitative estimate of drug-likeness (QED) is 0.348. The molecule has 1 aliphatic rings. The van der Waals surface area contributed by atoms with E-state index in [4.69, 9.17) is 15.0 Å². The number of aliphatic imine (C=N–C) groups is 1. The number of aliphatic carboxylic acids is 1. The number of carboxylic acids is 1. The van der Waals surface area contributed by atoms with Gasteiger partial charge in [-0.2, -0.15) is 0 Å². The number of rotatable bonds is 8. The van der Waals surface area contributed by atoms with E-state index in [2.05, 4.69) is 31.6 Å². The molecule has 2 aromatic rings. The normalized spacial score (nSPS) is 15.9. The maximum Gasteiger partial charge on any atom is 0.325 e. The van der Waals surface area contributed by atoms with E-state index in [1.807, 2.05) is 0 Å². The van der Waals surface area contributed by atoms with Gasteiger partial charge in [-0.3, -0.25) is 19.4 Å². The van der Waals surface area contributed by atoms with Crippen molar-refractivity contribution in [1.82, 2.24) is 5.32 Å². The number of amidine groups is 1. The molecule has 0 saturated carbocycles. The third-order valence-corrected chi connectivity index (χ3v) is 6.46. The fraction of sp³-hybridized carbons (Fsp3) is 0.100. The molecule has 14 heteroatoms. The summed E-state index contributed by atoms with van der Waals surface area (Å²) in [6, 6.07) is 10.3. The Morgan fingerprint density at radius 1 is 1.24 bits per heavy atom. The molecule has 2 amide bonds. The lowest BCUT2D eigenvalue weighted by Crippen LogP contribution is -2.21. The minimum absolute atomic E-state index is 0.0840. The first-order valence-corrected chi connectivity index (χ1v) is 12.5. The third kappa shape index (κ3) is 7.15. The van der Waals surface area contributed by atoms with Crippen molar-refractivity contribution in [3.63, 3.8) is 0 Å². The molecule has 34 heavy (non-hydrogen) atoms. The van der Waals surface area contributed by atoms with Crippen LogP contribution in [0.3, 0.4) is 0 Å². The number of carboxylic acid groups (broad SMARTS) is 1. The highest BCUT2D eigenvalue weighted by Crippen LogP contribution is 2.31. The van der Waals surface area contributed by atoms with Crippen LogP contribution in [0.25, 0.3) is 6.08 Å². The summed E-state index contributed by atoms with van der Waals surface area (Å²) < 4.78 is 28.9. The lowest BCUT2D eigenvalue weighted by molar-refractivity contribution is -0.135. The minimum atomic E-state index is -3.84. The summed E-state index contributed by atoms with van der Waals surface area (Å²) in [6.07, 6.45) is 1.53. The molecule has 1 aliphatic heterocycles. The molecule has 0 aliphatic carbocycles. The number of benzene rings is 2. The van der Waals surface area contributed by atoms with E-state index in [1.54, 1.807) is 18.2 Å². The van der Waals surface area contributed by atoms with Crippen LogP contribution in [-0.2, 0) is 24.4 Å². The van der Waals surface area contributed by atoms with Crippen LogP contribution in [0.15, 0.2) is 61.7 Å². The van der Waals surface area contributed by atoms with E-state index in [0.717, 1.165) is 11.8 Å². The number of nitrogens with one attached hydrogen (secondary N) is 2. The largest absolute Gasteiger partial charge is 0.483 e. The number of primary sulfonamides is 1. The number of nitrogens with zero attached hydrogens (tertiary/aromatic N) is 1. The van der Waals surface area contributed by atoms with Crippen molar-refractivity contribution < 1.29 is 32.6 Å². The van der Waals surface area contributed by atoms with Crippen molar-refractivity contribution in [3.05, 3.63) is 57.4 Å².